The van der Waals surface area contributed by atoms with Gasteiger partial charge in [0.15, 0.2) is 0 Å². The van der Waals surface area contributed by atoms with Crippen molar-refractivity contribution in [1.82, 2.24) is 9.47 Å². The van der Waals surface area contributed by atoms with Crippen molar-refractivity contribution >= 4 is 56.2 Å². The molecule has 0 aliphatic carbocycles. The number of aromatic nitrogens is 1. The van der Waals surface area contributed by atoms with E-state index < -0.39 is 0 Å². The maximum Gasteiger partial charge on any atom is 0.266 e. The van der Waals surface area contributed by atoms with Gasteiger partial charge in [-0.25, -0.2) is 0 Å². The van der Waals surface area contributed by atoms with Crippen molar-refractivity contribution in [2.24, 2.45) is 0 Å². The molecule has 2 aromatic rings. The Morgan fingerprint density at radius 1 is 1.31 bits per heavy atom. The van der Waals surface area contributed by atoms with E-state index in [9.17, 15) is 4.79 Å². The number of hydrogen-bond donors (Lipinski definition) is 0. The molecule has 7 heteroatoms. The van der Waals surface area contributed by atoms with Gasteiger partial charge in [-0.2, -0.15) is 0 Å². The van der Waals surface area contributed by atoms with Gasteiger partial charge in [0.2, 0.25) is 0 Å². The molecule has 29 heavy (non-hydrogen) atoms. The first-order chi connectivity index (χ1) is 13.8. The number of nitrogens with zero attached hydrogens (tertiary/aromatic N) is 2. The third-order valence-electron chi connectivity index (χ3n) is 5.44. The molecular weight excluding hydrogens is 468 g/mol. The number of carbonyl (C=O) groups excluding carboxylic acids is 1. The van der Waals surface area contributed by atoms with Crippen molar-refractivity contribution < 1.29 is 9.53 Å². The topological polar surface area (TPSA) is 34.5 Å². The molecule has 0 radical (unpaired) electrons. The van der Waals surface area contributed by atoms with Gasteiger partial charge in [0.05, 0.1) is 17.6 Å². The monoisotopic (exact) mass is 490 g/mol. The van der Waals surface area contributed by atoms with Crippen LogP contribution in [-0.2, 0) is 9.53 Å². The molecule has 2 fully saturated rings. The Kier molecular flexibility index (Phi) is 6.02. The highest BCUT2D eigenvalue weighted by molar-refractivity contribution is 9.10. The Labute approximate surface area is 189 Å². The second-order valence-corrected chi connectivity index (χ2v) is 10.1. The van der Waals surface area contributed by atoms with Gasteiger partial charge in [0.25, 0.3) is 5.91 Å². The van der Waals surface area contributed by atoms with Crippen LogP contribution in [0.1, 0.15) is 35.4 Å². The summed E-state index contributed by atoms with van der Waals surface area (Å²) < 4.78 is 9.62. The summed E-state index contributed by atoms with van der Waals surface area (Å²) in [7, 11) is 0. The molecule has 4 rings (SSSR count). The quantitative estimate of drug-likeness (QED) is 0.415. The minimum atomic E-state index is -0.0141. The minimum Gasteiger partial charge on any atom is -0.376 e. The van der Waals surface area contributed by atoms with E-state index in [1.807, 2.05) is 6.08 Å². The van der Waals surface area contributed by atoms with Crippen LogP contribution in [0.2, 0.25) is 0 Å². The van der Waals surface area contributed by atoms with Crippen molar-refractivity contribution in [3.8, 4) is 5.69 Å². The van der Waals surface area contributed by atoms with Crippen LogP contribution in [0.5, 0.6) is 0 Å². The van der Waals surface area contributed by atoms with E-state index in [0.29, 0.717) is 15.8 Å². The van der Waals surface area contributed by atoms with Gasteiger partial charge in [-0.05, 0) is 75.1 Å². The summed E-state index contributed by atoms with van der Waals surface area (Å²) in [6.45, 7) is 7.59. The molecule has 152 valence electrons. The average molecular weight is 491 g/mol. The molecule has 1 amide bonds. The highest BCUT2D eigenvalue weighted by atomic mass is 79.9. The fourth-order valence-electron chi connectivity index (χ4n) is 3.89. The molecule has 0 unspecified atom stereocenters. The summed E-state index contributed by atoms with van der Waals surface area (Å²) in [6.07, 6.45) is 4.11. The molecule has 2 saturated heterocycles. The van der Waals surface area contributed by atoms with Crippen LogP contribution in [0.3, 0.4) is 0 Å². The van der Waals surface area contributed by atoms with E-state index in [1.54, 1.807) is 4.90 Å². The second kappa shape index (κ2) is 8.38. The van der Waals surface area contributed by atoms with Gasteiger partial charge >= 0.3 is 0 Å². The molecular formula is C22H23BrN2O2S2. The molecule has 0 N–H and O–H groups in total. The fraction of sp³-hybridized carbons (Fsp3) is 0.364. The summed E-state index contributed by atoms with van der Waals surface area (Å²) in [6, 6.07) is 8.45. The van der Waals surface area contributed by atoms with Crippen molar-refractivity contribution in [2.75, 3.05) is 13.2 Å². The number of aryl methyl sites for hydroxylation is 2. The molecule has 2 aliphatic heterocycles. The zero-order valence-corrected chi connectivity index (χ0v) is 19.9. The highest BCUT2D eigenvalue weighted by Crippen LogP contribution is 2.35. The lowest BCUT2D eigenvalue weighted by Gasteiger charge is -2.18. The van der Waals surface area contributed by atoms with E-state index >= 15 is 0 Å². The summed E-state index contributed by atoms with van der Waals surface area (Å²) >= 11 is 10.4. The lowest BCUT2D eigenvalue weighted by molar-refractivity contribution is -0.123. The second-order valence-electron chi connectivity index (χ2n) is 7.52. The average Bonchev–Trinajstić information content (AvgIpc) is 3.35. The SMILES string of the molecule is Cc1cc(-n2c(C)cc(/C=C3\SC(=S)N(C[C@@H]4CCCO4)C3=O)c2C)ccc1Br. The van der Waals surface area contributed by atoms with Crippen LogP contribution in [0, 0.1) is 20.8 Å². The Bertz CT molecular complexity index is 1020. The molecule has 0 spiro atoms. The summed E-state index contributed by atoms with van der Waals surface area (Å²) in [4.78, 5) is 15.3. The van der Waals surface area contributed by atoms with Gasteiger partial charge < -0.3 is 9.30 Å². The van der Waals surface area contributed by atoms with E-state index in [-0.39, 0.29) is 12.0 Å². The Hall–Kier alpha value is -1.41. The predicted molar refractivity (Wildman–Crippen MR) is 127 cm³/mol. The van der Waals surface area contributed by atoms with Crippen molar-refractivity contribution in [1.29, 1.82) is 0 Å². The molecule has 1 aromatic carbocycles. The molecule has 1 atom stereocenters. The van der Waals surface area contributed by atoms with Crippen molar-refractivity contribution in [3.63, 3.8) is 0 Å². The molecule has 0 saturated carbocycles. The maximum atomic E-state index is 12.9. The molecule has 0 bridgehead atoms. The molecule has 2 aliphatic rings. The number of thioether (sulfide) groups is 1. The van der Waals surface area contributed by atoms with Gasteiger partial charge in [-0.15, -0.1) is 0 Å². The van der Waals surface area contributed by atoms with Crippen LogP contribution in [0.4, 0.5) is 0 Å². The minimum absolute atomic E-state index is 0.0141. The number of amides is 1. The number of hydrogen-bond acceptors (Lipinski definition) is 4. The number of carbonyl (C=O) groups is 1. The van der Waals surface area contributed by atoms with E-state index in [4.69, 9.17) is 17.0 Å². The summed E-state index contributed by atoms with van der Waals surface area (Å²) in [5.41, 5.74) is 5.58. The Balaban J connectivity index is 1.62. The Morgan fingerprint density at radius 3 is 2.79 bits per heavy atom. The van der Waals surface area contributed by atoms with Gasteiger partial charge in [0, 0.05) is 28.2 Å². The fourth-order valence-corrected chi connectivity index (χ4v) is 5.40. The van der Waals surface area contributed by atoms with E-state index in [0.717, 1.165) is 46.6 Å². The van der Waals surface area contributed by atoms with Gasteiger partial charge in [0.1, 0.15) is 4.32 Å². The van der Waals surface area contributed by atoms with Crippen LogP contribution < -0.4 is 0 Å². The number of benzene rings is 1. The number of rotatable bonds is 4. The van der Waals surface area contributed by atoms with Crippen LogP contribution >= 0.6 is 39.9 Å². The number of halogens is 1. The van der Waals surface area contributed by atoms with E-state index in [1.165, 1.54) is 17.3 Å². The molecule has 4 nitrogen and oxygen atoms in total. The first-order valence-electron chi connectivity index (χ1n) is 9.67. The number of thiocarbonyl (C=S) groups is 1. The third-order valence-corrected chi connectivity index (χ3v) is 7.71. The number of ether oxygens (including phenoxy) is 1. The van der Waals surface area contributed by atoms with Crippen LogP contribution in [-0.4, -0.2) is 39.0 Å². The Morgan fingerprint density at radius 2 is 2.10 bits per heavy atom. The largest absolute Gasteiger partial charge is 0.376 e. The van der Waals surface area contributed by atoms with Crippen molar-refractivity contribution in [2.45, 2.75) is 39.7 Å². The standard InChI is InChI=1S/C22H23BrN2O2S2/c1-13-9-17(6-7-19(13)23)25-14(2)10-16(15(25)3)11-20-21(26)24(22(28)29-20)12-18-5-4-8-27-18/h6-7,9-11,18H,4-5,8,12H2,1-3H3/b20-11-/t18-/m0/s1. The summed E-state index contributed by atoms with van der Waals surface area (Å²) in [5.74, 6) is -0.0141. The normalized spacial score (nSPS) is 21.0. The zero-order chi connectivity index (χ0) is 20.7. The lowest BCUT2D eigenvalue weighted by Crippen LogP contribution is -2.35. The van der Waals surface area contributed by atoms with Gasteiger partial charge in [-0.1, -0.05) is 39.9 Å². The van der Waals surface area contributed by atoms with Gasteiger partial charge in [-0.3, -0.25) is 9.69 Å². The lowest BCUT2D eigenvalue weighted by atomic mass is 10.2. The van der Waals surface area contributed by atoms with E-state index in [2.05, 4.69) is 65.5 Å². The first kappa shape index (κ1) is 20.8. The maximum absolute atomic E-state index is 12.9. The van der Waals surface area contributed by atoms with Crippen LogP contribution in [0.15, 0.2) is 33.6 Å². The molecule has 1 aromatic heterocycles. The zero-order valence-electron chi connectivity index (χ0n) is 16.7. The van der Waals surface area contributed by atoms with Crippen LogP contribution in [0.25, 0.3) is 11.8 Å². The predicted octanol–water partition coefficient (Wildman–Crippen LogP) is 5.55. The van der Waals surface area contributed by atoms with Crippen molar-refractivity contribution in [3.05, 3.63) is 56.2 Å². The highest BCUT2D eigenvalue weighted by Gasteiger charge is 2.34. The first-order valence-corrected chi connectivity index (χ1v) is 11.7. The summed E-state index contributed by atoms with van der Waals surface area (Å²) in [5, 5.41) is 0. The molecule has 3 heterocycles. The third kappa shape index (κ3) is 4.10. The smallest absolute Gasteiger partial charge is 0.266 e.